The van der Waals surface area contributed by atoms with E-state index in [1.807, 2.05) is 6.92 Å². The summed E-state index contributed by atoms with van der Waals surface area (Å²) < 4.78 is 11.1. The van der Waals surface area contributed by atoms with Crippen molar-refractivity contribution in [2.24, 2.45) is 0 Å². The van der Waals surface area contributed by atoms with Gasteiger partial charge in [-0.15, -0.1) is 11.3 Å². The molecule has 0 aromatic carbocycles. The zero-order valence-electron chi connectivity index (χ0n) is 13.8. The van der Waals surface area contributed by atoms with E-state index in [0.717, 1.165) is 56.5 Å². The number of aliphatic hydroxyl groups excluding tert-OH is 1. The molecule has 1 aromatic heterocycles. The van der Waals surface area contributed by atoms with Gasteiger partial charge in [-0.3, -0.25) is 4.90 Å². The molecule has 2 aliphatic heterocycles. The maximum atomic E-state index is 10.1. The fraction of sp³-hybridized carbons (Fsp3) is 0.812. The van der Waals surface area contributed by atoms with Gasteiger partial charge in [0, 0.05) is 44.7 Å². The predicted octanol–water partition coefficient (Wildman–Crippen LogP) is 1.13. The minimum Gasteiger partial charge on any atom is -0.389 e. The summed E-state index contributed by atoms with van der Waals surface area (Å²) in [5.41, 5.74) is 1.09. The highest BCUT2D eigenvalue weighted by Crippen LogP contribution is 2.21. The number of anilines is 1. The molecule has 2 aliphatic rings. The van der Waals surface area contributed by atoms with Crippen LogP contribution in [0.4, 0.5) is 5.13 Å². The molecule has 0 amide bonds. The van der Waals surface area contributed by atoms with E-state index in [4.69, 9.17) is 9.47 Å². The second-order valence-electron chi connectivity index (χ2n) is 6.39. The topological polar surface area (TPSA) is 58.1 Å². The number of β-amino-alcohol motifs (C(OH)–C–C–N with tert-alkyl or cyclic N) is 1. The van der Waals surface area contributed by atoms with E-state index >= 15 is 0 Å². The van der Waals surface area contributed by atoms with Gasteiger partial charge in [-0.05, 0) is 19.8 Å². The zero-order chi connectivity index (χ0) is 16.1. The minimum atomic E-state index is -0.426. The molecule has 0 saturated carbocycles. The van der Waals surface area contributed by atoms with Crippen molar-refractivity contribution in [3.8, 4) is 0 Å². The molecule has 0 unspecified atom stereocenters. The fourth-order valence-corrected chi connectivity index (χ4v) is 3.93. The van der Waals surface area contributed by atoms with Gasteiger partial charge in [0.15, 0.2) is 5.13 Å². The highest BCUT2D eigenvalue weighted by molar-refractivity contribution is 7.13. The molecule has 0 radical (unpaired) electrons. The second kappa shape index (κ2) is 8.39. The third-order valence-electron chi connectivity index (χ3n) is 4.36. The number of piperazine rings is 1. The zero-order valence-corrected chi connectivity index (χ0v) is 14.6. The predicted molar refractivity (Wildman–Crippen MR) is 91.3 cm³/mol. The molecule has 1 aromatic rings. The standard InChI is InChI=1S/C16H27N3O3S/c1-13-12-23-16(17-13)19-6-4-18(5-7-19)9-14(20)10-21-11-15-3-2-8-22-15/h12,14-15,20H,2-11H2,1H3/t14-,15-/m1/s1. The van der Waals surface area contributed by atoms with Gasteiger partial charge in [-0.2, -0.15) is 0 Å². The van der Waals surface area contributed by atoms with E-state index < -0.39 is 6.10 Å². The van der Waals surface area contributed by atoms with Crippen molar-refractivity contribution >= 4 is 16.5 Å². The van der Waals surface area contributed by atoms with Crippen LogP contribution in [-0.2, 0) is 9.47 Å². The van der Waals surface area contributed by atoms with Crippen molar-refractivity contribution in [2.75, 3.05) is 57.4 Å². The van der Waals surface area contributed by atoms with E-state index in [0.29, 0.717) is 19.8 Å². The second-order valence-corrected chi connectivity index (χ2v) is 7.22. The number of aromatic nitrogens is 1. The van der Waals surface area contributed by atoms with Gasteiger partial charge in [0.1, 0.15) is 0 Å². The van der Waals surface area contributed by atoms with Gasteiger partial charge in [-0.1, -0.05) is 0 Å². The van der Waals surface area contributed by atoms with Gasteiger partial charge >= 0.3 is 0 Å². The molecule has 3 heterocycles. The van der Waals surface area contributed by atoms with Crippen LogP contribution >= 0.6 is 11.3 Å². The number of hydrogen-bond acceptors (Lipinski definition) is 7. The summed E-state index contributed by atoms with van der Waals surface area (Å²) in [5.74, 6) is 0. The first-order valence-electron chi connectivity index (χ1n) is 8.47. The number of aryl methyl sites for hydroxylation is 1. The van der Waals surface area contributed by atoms with Crippen LogP contribution in [0.5, 0.6) is 0 Å². The summed E-state index contributed by atoms with van der Waals surface area (Å²) in [6, 6.07) is 0. The van der Waals surface area contributed by atoms with E-state index in [-0.39, 0.29) is 6.10 Å². The summed E-state index contributed by atoms with van der Waals surface area (Å²) in [6.07, 6.45) is 2.01. The number of nitrogens with zero attached hydrogens (tertiary/aromatic N) is 3. The number of ether oxygens (including phenoxy) is 2. The van der Waals surface area contributed by atoms with Crippen LogP contribution in [-0.4, -0.2) is 79.7 Å². The first-order chi connectivity index (χ1) is 11.2. The van der Waals surface area contributed by atoms with Crippen molar-refractivity contribution in [1.82, 2.24) is 9.88 Å². The molecule has 130 valence electrons. The van der Waals surface area contributed by atoms with Crippen LogP contribution in [0.2, 0.25) is 0 Å². The summed E-state index contributed by atoms with van der Waals surface area (Å²) in [7, 11) is 0. The maximum absolute atomic E-state index is 10.1. The highest BCUT2D eigenvalue weighted by atomic mass is 32.1. The van der Waals surface area contributed by atoms with Crippen molar-refractivity contribution < 1.29 is 14.6 Å². The van der Waals surface area contributed by atoms with E-state index in [1.165, 1.54) is 0 Å². The van der Waals surface area contributed by atoms with Gasteiger partial charge < -0.3 is 19.5 Å². The molecule has 3 rings (SSSR count). The lowest BCUT2D eigenvalue weighted by Gasteiger charge is -2.35. The molecule has 2 fully saturated rings. The highest BCUT2D eigenvalue weighted by Gasteiger charge is 2.21. The molecule has 23 heavy (non-hydrogen) atoms. The lowest BCUT2D eigenvalue weighted by Crippen LogP contribution is -2.49. The Morgan fingerprint density at radius 1 is 1.43 bits per heavy atom. The largest absolute Gasteiger partial charge is 0.389 e. The Morgan fingerprint density at radius 3 is 2.91 bits per heavy atom. The van der Waals surface area contributed by atoms with Crippen LogP contribution in [0.15, 0.2) is 5.38 Å². The van der Waals surface area contributed by atoms with Gasteiger partial charge in [0.05, 0.1) is 31.1 Å². The smallest absolute Gasteiger partial charge is 0.185 e. The molecule has 2 saturated heterocycles. The van der Waals surface area contributed by atoms with Gasteiger partial charge in [0.2, 0.25) is 0 Å². The van der Waals surface area contributed by atoms with E-state index in [1.54, 1.807) is 11.3 Å². The molecule has 0 aliphatic carbocycles. The summed E-state index contributed by atoms with van der Waals surface area (Å²) >= 11 is 1.71. The molecule has 2 atom stereocenters. The summed E-state index contributed by atoms with van der Waals surface area (Å²) in [6.45, 7) is 8.41. The van der Waals surface area contributed by atoms with Crippen LogP contribution in [0.3, 0.4) is 0 Å². The van der Waals surface area contributed by atoms with Crippen LogP contribution in [0, 0.1) is 6.92 Å². The van der Waals surface area contributed by atoms with Crippen LogP contribution in [0.1, 0.15) is 18.5 Å². The number of thiazole rings is 1. The molecule has 0 bridgehead atoms. The van der Waals surface area contributed by atoms with Crippen molar-refractivity contribution in [2.45, 2.75) is 32.0 Å². The number of hydrogen-bond donors (Lipinski definition) is 1. The lowest BCUT2D eigenvalue weighted by atomic mass is 10.2. The third kappa shape index (κ3) is 5.12. The fourth-order valence-electron chi connectivity index (χ4n) is 3.07. The van der Waals surface area contributed by atoms with E-state index in [9.17, 15) is 5.11 Å². The summed E-state index contributed by atoms with van der Waals surface area (Å²) in [4.78, 5) is 9.17. The minimum absolute atomic E-state index is 0.229. The third-order valence-corrected chi connectivity index (χ3v) is 5.38. The molecule has 7 heteroatoms. The van der Waals surface area contributed by atoms with Crippen molar-refractivity contribution in [1.29, 1.82) is 0 Å². The molecule has 6 nitrogen and oxygen atoms in total. The molecule has 0 spiro atoms. The number of aliphatic hydroxyl groups is 1. The van der Waals surface area contributed by atoms with Crippen molar-refractivity contribution in [3.63, 3.8) is 0 Å². The Balaban J connectivity index is 1.31. The first-order valence-corrected chi connectivity index (χ1v) is 9.35. The van der Waals surface area contributed by atoms with Crippen molar-refractivity contribution in [3.05, 3.63) is 11.1 Å². The first kappa shape index (κ1) is 17.1. The van der Waals surface area contributed by atoms with Gasteiger partial charge in [0.25, 0.3) is 0 Å². The average molecular weight is 341 g/mol. The maximum Gasteiger partial charge on any atom is 0.185 e. The quantitative estimate of drug-likeness (QED) is 0.802. The van der Waals surface area contributed by atoms with E-state index in [2.05, 4.69) is 20.2 Å². The van der Waals surface area contributed by atoms with Gasteiger partial charge in [-0.25, -0.2) is 4.98 Å². The average Bonchev–Trinajstić information content (AvgIpc) is 3.20. The normalized spacial score (nSPS) is 24.3. The Hall–Kier alpha value is -0.730. The van der Waals surface area contributed by atoms with Crippen LogP contribution < -0.4 is 4.90 Å². The lowest BCUT2D eigenvalue weighted by molar-refractivity contribution is -0.0254. The molecular weight excluding hydrogens is 314 g/mol. The van der Waals surface area contributed by atoms with Crippen LogP contribution in [0.25, 0.3) is 0 Å². The SMILES string of the molecule is Cc1csc(N2CCN(C[C@@H](O)COC[C@H]3CCCO3)CC2)n1. The molecule has 1 N–H and O–H groups in total. The Morgan fingerprint density at radius 2 is 2.26 bits per heavy atom. The molecular formula is C16H27N3O3S. The Kier molecular flexibility index (Phi) is 6.24. The summed E-state index contributed by atoms with van der Waals surface area (Å²) in [5, 5.41) is 13.3. The monoisotopic (exact) mass is 341 g/mol. The number of rotatable bonds is 7. The Bertz CT molecular complexity index is 471. The Labute approximate surface area is 142 Å².